The van der Waals surface area contributed by atoms with Gasteiger partial charge in [0.1, 0.15) is 0 Å². The van der Waals surface area contributed by atoms with Crippen molar-refractivity contribution >= 4 is 8.32 Å². The maximum atomic E-state index is 6.69. The summed E-state index contributed by atoms with van der Waals surface area (Å²) in [5, 5.41) is 0.280. The third-order valence-electron chi connectivity index (χ3n) is 4.22. The van der Waals surface area contributed by atoms with Crippen molar-refractivity contribution in [1.82, 2.24) is 0 Å². The molecule has 0 unspecified atom stereocenters. The van der Waals surface area contributed by atoms with Gasteiger partial charge in [-0.1, -0.05) is 39.0 Å². The van der Waals surface area contributed by atoms with E-state index in [4.69, 9.17) is 4.43 Å². The van der Waals surface area contributed by atoms with Crippen molar-refractivity contribution in [2.75, 3.05) is 0 Å². The lowest BCUT2D eigenvalue weighted by atomic mass is 9.86. The van der Waals surface area contributed by atoms with Crippen LogP contribution >= 0.6 is 0 Å². The van der Waals surface area contributed by atoms with Crippen molar-refractivity contribution in [2.45, 2.75) is 70.2 Å². The average Bonchev–Trinajstić information content (AvgIpc) is 2.16. The summed E-state index contributed by atoms with van der Waals surface area (Å²) in [6, 6.07) is 0. The minimum atomic E-state index is -1.68. The van der Waals surface area contributed by atoms with Gasteiger partial charge in [0.25, 0.3) is 0 Å². The van der Waals surface area contributed by atoms with E-state index in [-0.39, 0.29) is 10.6 Å². The standard InChI is InChI=1S/C15H28OSi/c1-7-11-15(12-9-8-10-13-15)16-17(5,6)14(2,3)4/h7-9H,1,10-13H2,2-6H3/t15-/m0/s1. The van der Waals surface area contributed by atoms with Crippen molar-refractivity contribution in [3.63, 3.8) is 0 Å². The molecule has 0 heterocycles. The first kappa shape index (κ1) is 14.7. The topological polar surface area (TPSA) is 9.23 Å². The Morgan fingerprint density at radius 3 is 2.41 bits per heavy atom. The van der Waals surface area contributed by atoms with Gasteiger partial charge in [-0.25, -0.2) is 0 Å². The summed E-state index contributed by atoms with van der Waals surface area (Å²) in [5.41, 5.74) is 0.0273. The molecule has 1 atom stereocenters. The number of rotatable bonds is 4. The zero-order valence-corrected chi connectivity index (χ0v) is 13.2. The van der Waals surface area contributed by atoms with Crippen LogP contribution in [0, 0.1) is 0 Å². The largest absolute Gasteiger partial charge is 0.411 e. The Balaban J connectivity index is 2.87. The molecule has 0 fully saturated rings. The molecule has 2 heteroatoms. The van der Waals surface area contributed by atoms with Crippen LogP contribution in [0.1, 0.15) is 46.5 Å². The van der Waals surface area contributed by atoms with Gasteiger partial charge in [-0.3, -0.25) is 0 Å². The highest BCUT2D eigenvalue weighted by atomic mass is 28.4. The van der Waals surface area contributed by atoms with Crippen LogP contribution in [0.15, 0.2) is 24.8 Å². The van der Waals surface area contributed by atoms with E-state index in [0.717, 1.165) is 25.7 Å². The molecule has 0 radical (unpaired) electrons. The summed E-state index contributed by atoms with van der Waals surface area (Å²) in [4.78, 5) is 0. The molecule has 98 valence electrons. The molecule has 1 nitrogen and oxygen atoms in total. The van der Waals surface area contributed by atoms with Crippen molar-refractivity contribution < 1.29 is 4.43 Å². The zero-order chi connectivity index (χ0) is 13.2. The van der Waals surface area contributed by atoms with E-state index in [9.17, 15) is 0 Å². The molecule has 0 saturated heterocycles. The summed E-state index contributed by atoms with van der Waals surface area (Å²) in [5.74, 6) is 0. The van der Waals surface area contributed by atoms with Gasteiger partial charge in [0.05, 0.1) is 5.60 Å². The van der Waals surface area contributed by atoms with E-state index in [1.807, 2.05) is 6.08 Å². The smallest absolute Gasteiger partial charge is 0.192 e. The molecule has 1 rings (SSSR count). The van der Waals surface area contributed by atoms with Crippen LogP contribution in [0.2, 0.25) is 18.1 Å². The molecule has 0 aliphatic heterocycles. The number of hydrogen-bond donors (Lipinski definition) is 0. The third-order valence-corrected chi connectivity index (χ3v) is 8.77. The Kier molecular flexibility index (Phi) is 4.42. The van der Waals surface area contributed by atoms with Gasteiger partial charge in [-0.15, -0.1) is 6.58 Å². The SMILES string of the molecule is C=CC[C@]1(O[Si](C)(C)C(C)(C)C)CC=CCC1. The van der Waals surface area contributed by atoms with Crippen LogP contribution in [0.25, 0.3) is 0 Å². The molecule has 0 saturated carbocycles. The van der Waals surface area contributed by atoms with Crippen molar-refractivity contribution in [3.8, 4) is 0 Å². The third kappa shape index (κ3) is 3.56. The predicted molar refractivity (Wildman–Crippen MR) is 78.8 cm³/mol. The molecule has 0 aromatic heterocycles. The van der Waals surface area contributed by atoms with E-state index < -0.39 is 8.32 Å². The van der Waals surface area contributed by atoms with Crippen LogP contribution in [-0.4, -0.2) is 13.9 Å². The molecular weight excluding hydrogens is 224 g/mol. The van der Waals surface area contributed by atoms with Gasteiger partial charge in [0.2, 0.25) is 0 Å². The number of hydrogen-bond acceptors (Lipinski definition) is 1. The van der Waals surface area contributed by atoms with Gasteiger partial charge in [-0.2, -0.15) is 0 Å². The molecule has 0 spiro atoms. The first-order valence-electron chi connectivity index (χ1n) is 6.69. The van der Waals surface area contributed by atoms with Crippen LogP contribution in [0.4, 0.5) is 0 Å². The molecule has 0 aromatic carbocycles. The molecule has 1 aliphatic rings. The van der Waals surface area contributed by atoms with Gasteiger partial charge in [0, 0.05) is 0 Å². The van der Waals surface area contributed by atoms with Gasteiger partial charge >= 0.3 is 0 Å². The minimum absolute atomic E-state index is 0.0273. The summed E-state index contributed by atoms with van der Waals surface area (Å²) in [6.07, 6.45) is 10.9. The monoisotopic (exact) mass is 252 g/mol. The first-order chi connectivity index (χ1) is 7.72. The molecule has 17 heavy (non-hydrogen) atoms. The second-order valence-electron chi connectivity index (χ2n) is 6.75. The highest BCUT2D eigenvalue weighted by Crippen LogP contribution is 2.43. The van der Waals surface area contributed by atoms with Crippen LogP contribution in [0.5, 0.6) is 0 Å². The second kappa shape index (κ2) is 5.11. The lowest BCUT2D eigenvalue weighted by Crippen LogP contribution is -2.50. The van der Waals surface area contributed by atoms with Crippen molar-refractivity contribution in [3.05, 3.63) is 24.8 Å². The fourth-order valence-corrected chi connectivity index (χ4v) is 3.80. The Hall–Kier alpha value is -0.343. The molecule has 0 amide bonds. The maximum absolute atomic E-state index is 6.69. The second-order valence-corrected chi connectivity index (χ2v) is 11.5. The highest BCUT2D eigenvalue weighted by Gasteiger charge is 2.44. The summed E-state index contributed by atoms with van der Waals surface area (Å²) in [7, 11) is -1.68. The fraction of sp³-hybridized carbons (Fsp3) is 0.733. The summed E-state index contributed by atoms with van der Waals surface area (Å²) in [6.45, 7) is 15.5. The van der Waals surface area contributed by atoms with E-state index in [1.54, 1.807) is 0 Å². The molecular formula is C15H28OSi. The average molecular weight is 252 g/mol. The molecule has 1 aliphatic carbocycles. The minimum Gasteiger partial charge on any atom is -0.411 e. The first-order valence-corrected chi connectivity index (χ1v) is 9.59. The van der Waals surface area contributed by atoms with Crippen LogP contribution < -0.4 is 0 Å². The Labute approximate surface area is 108 Å². The van der Waals surface area contributed by atoms with Gasteiger partial charge in [0.15, 0.2) is 8.32 Å². The Bertz CT molecular complexity index is 299. The van der Waals surface area contributed by atoms with Crippen LogP contribution in [0.3, 0.4) is 0 Å². The zero-order valence-electron chi connectivity index (χ0n) is 12.2. The van der Waals surface area contributed by atoms with Crippen molar-refractivity contribution in [2.24, 2.45) is 0 Å². The molecule has 0 aromatic rings. The van der Waals surface area contributed by atoms with Gasteiger partial charge in [-0.05, 0) is 43.8 Å². The van der Waals surface area contributed by atoms with E-state index in [0.29, 0.717) is 0 Å². The van der Waals surface area contributed by atoms with E-state index >= 15 is 0 Å². The lowest BCUT2D eigenvalue weighted by Gasteiger charge is -2.46. The summed E-state index contributed by atoms with van der Waals surface area (Å²) < 4.78 is 6.69. The van der Waals surface area contributed by atoms with Crippen molar-refractivity contribution in [1.29, 1.82) is 0 Å². The fourth-order valence-electron chi connectivity index (χ4n) is 2.14. The predicted octanol–water partition coefficient (Wildman–Crippen LogP) is 5.06. The van der Waals surface area contributed by atoms with E-state index in [2.05, 4.69) is 52.6 Å². The van der Waals surface area contributed by atoms with Gasteiger partial charge < -0.3 is 4.43 Å². The normalized spacial score (nSPS) is 25.9. The Morgan fingerprint density at radius 2 is 2.00 bits per heavy atom. The quantitative estimate of drug-likeness (QED) is 0.502. The molecule has 0 N–H and O–H groups in total. The molecule has 0 bridgehead atoms. The lowest BCUT2D eigenvalue weighted by molar-refractivity contribution is 0.0467. The Morgan fingerprint density at radius 1 is 1.35 bits per heavy atom. The van der Waals surface area contributed by atoms with Crippen LogP contribution in [-0.2, 0) is 4.43 Å². The highest BCUT2D eigenvalue weighted by molar-refractivity contribution is 6.74. The van der Waals surface area contributed by atoms with E-state index in [1.165, 1.54) is 0 Å². The summed E-state index contributed by atoms with van der Waals surface area (Å²) >= 11 is 0. The number of allylic oxidation sites excluding steroid dienone is 1. The maximum Gasteiger partial charge on any atom is 0.192 e.